The second-order valence-corrected chi connectivity index (χ2v) is 6.39. The van der Waals surface area contributed by atoms with Crippen molar-refractivity contribution in [1.29, 1.82) is 0 Å². The van der Waals surface area contributed by atoms with Crippen LogP contribution < -0.4 is 0 Å². The summed E-state index contributed by atoms with van der Waals surface area (Å²) in [6.07, 6.45) is 3.73. The van der Waals surface area contributed by atoms with Crippen molar-refractivity contribution in [2.75, 3.05) is 18.5 Å². The minimum Gasteiger partial charge on any atom is -0.371 e. The number of rotatable bonds is 7. The molecule has 1 aliphatic rings. The van der Waals surface area contributed by atoms with Crippen LogP contribution in [0.15, 0.2) is 0 Å². The van der Waals surface area contributed by atoms with Crippen molar-refractivity contribution in [3.8, 4) is 0 Å². The van der Waals surface area contributed by atoms with Gasteiger partial charge in [0.25, 0.3) is 0 Å². The molecule has 0 saturated heterocycles. The van der Waals surface area contributed by atoms with Crippen molar-refractivity contribution in [2.45, 2.75) is 58.0 Å². The highest BCUT2D eigenvalue weighted by Crippen LogP contribution is 2.42. The van der Waals surface area contributed by atoms with Crippen molar-refractivity contribution in [1.82, 2.24) is 0 Å². The molecule has 0 aliphatic heterocycles. The van der Waals surface area contributed by atoms with Crippen LogP contribution in [0.5, 0.6) is 0 Å². The molecule has 1 aliphatic carbocycles. The van der Waals surface area contributed by atoms with Crippen molar-refractivity contribution in [3.05, 3.63) is 0 Å². The van der Waals surface area contributed by atoms with Gasteiger partial charge < -0.3 is 4.74 Å². The SMILES string of the molecule is CCCCC1CCC(CBr)(COCC(F)(F)F)CC1. The largest absolute Gasteiger partial charge is 0.411 e. The molecule has 5 heteroatoms. The highest BCUT2D eigenvalue weighted by Gasteiger charge is 2.36. The Labute approximate surface area is 122 Å². The van der Waals surface area contributed by atoms with Gasteiger partial charge in [0.15, 0.2) is 0 Å². The number of ether oxygens (including phenoxy) is 1. The first-order valence-electron chi connectivity index (χ1n) is 7.11. The van der Waals surface area contributed by atoms with Gasteiger partial charge in [-0.1, -0.05) is 42.1 Å². The van der Waals surface area contributed by atoms with E-state index < -0.39 is 12.8 Å². The van der Waals surface area contributed by atoms with Gasteiger partial charge in [-0.25, -0.2) is 0 Å². The lowest BCUT2D eigenvalue weighted by Crippen LogP contribution is -2.35. The molecule has 0 radical (unpaired) electrons. The minimum absolute atomic E-state index is 0.0893. The normalized spacial score (nSPS) is 28.6. The summed E-state index contributed by atoms with van der Waals surface area (Å²) in [6.45, 7) is 1.29. The van der Waals surface area contributed by atoms with Crippen molar-refractivity contribution in [3.63, 3.8) is 0 Å². The van der Waals surface area contributed by atoms with Gasteiger partial charge in [0.05, 0.1) is 6.61 Å². The molecular formula is C14H24BrF3O. The molecule has 0 heterocycles. The summed E-state index contributed by atoms with van der Waals surface area (Å²) < 4.78 is 41.2. The summed E-state index contributed by atoms with van der Waals surface area (Å²) in [6, 6.07) is 0. The van der Waals surface area contributed by atoms with Crippen molar-refractivity contribution in [2.24, 2.45) is 11.3 Å². The Bertz CT molecular complexity index is 248. The second-order valence-electron chi connectivity index (χ2n) is 5.83. The van der Waals surface area contributed by atoms with Gasteiger partial charge >= 0.3 is 6.18 Å². The van der Waals surface area contributed by atoms with Crippen LogP contribution in [-0.2, 0) is 4.74 Å². The van der Waals surface area contributed by atoms with E-state index in [0.717, 1.165) is 36.9 Å². The number of hydrogen-bond donors (Lipinski definition) is 0. The van der Waals surface area contributed by atoms with Crippen LogP contribution in [0, 0.1) is 11.3 Å². The fourth-order valence-electron chi connectivity index (χ4n) is 2.77. The summed E-state index contributed by atoms with van der Waals surface area (Å²) >= 11 is 3.46. The first-order valence-corrected chi connectivity index (χ1v) is 8.23. The topological polar surface area (TPSA) is 9.23 Å². The molecule has 1 saturated carbocycles. The van der Waals surface area contributed by atoms with Crippen LogP contribution >= 0.6 is 15.9 Å². The molecule has 1 fully saturated rings. The first kappa shape index (κ1) is 17.3. The third kappa shape index (κ3) is 6.48. The second kappa shape index (κ2) is 7.87. The molecule has 0 atom stereocenters. The summed E-state index contributed by atoms with van der Waals surface area (Å²) in [5.74, 6) is 0.759. The van der Waals surface area contributed by atoms with E-state index in [-0.39, 0.29) is 12.0 Å². The fourth-order valence-corrected chi connectivity index (χ4v) is 3.49. The smallest absolute Gasteiger partial charge is 0.371 e. The van der Waals surface area contributed by atoms with Crippen LogP contribution in [0.4, 0.5) is 13.2 Å². The summed E-state index contributed by atoms with van der Waals surface area (Å²) in [5, 5.41) is 0.734. The van der Waals surface area contributed by atoms with E-state index >= 15 is 0 Å². The van der Waals surface area contributed by atoms with Crippen LogP contribution in [0.3, 0.4) is 0 Å². The monoisotopic (exact) mass is 344 g/mol. The molecule has 0 aromatic carbocycles. The molecule has 0 spiro atoms. The van der Waals surface area contributed by atoms with E-state index in [1.54, 1.807) is 0 Å². The highest BCUT2D eigenvalue weighted by molar-refractivity contribution is 9.09. The van der Waals surface area contributed by atoms with Gasteiger partial charge in [-0.3, -0.25) is 0 Å². The Kier molecular flexibility index (Phi) is 7.15. The molecule has 0 amide bonds. The van der Waals surface area contributed by atoms with Crippen LogP contribution in [0.25, 0.3) is 0 Å². The van der Waals surface area contributed by atoms with E-state index in [1.165, 1.54) is 19.3 Å². The quantitative estimate of drug-likeness (QED) is 0.567. The van der Waals surface area contributed by atoms with E-state index in [1.807, 2.05) is 0 Å². The molecule has 1 rings (SSSR count). The summed E-state index contributed by atoms with van der Waals surface area (Å²) in [5.41, 5.74) is -0.0893. The number of halogens is 4. The Balaban J connectivity index is 2.33. The maximum atomic E-state index is 12.1. The fraction of sp³-hybridized carbons (Fsp3) is 1.00. The molecule has 0 aromatic heterocycles. The lowest BCUT2D eigenvalue weighted by atomic mass is 9.71. The van der Waals surface area contributed by atoms with E-state index in [9.17, 15) is 13.2 Å². The zero-order chi connectivity index (χ0) is 14.4. The van der Waals surface area contributed by atoms with Crippen LogP contribution in [0.1, 0.15) is 51.9 Å². The first-order chi connectivity index (χ1) is 8.91. The molecule has 0 unspecified atom stereocenters. The van der Waals surface area contributed by atoms with Crippen LogP contribution in [-0.4, -0.2) is 24.7 Å². The Morgan fingerprint density at radius 2 is 1.89 bits per heavy atom. The molecule has 0 N–H and O–H groups in total. The maximum absolute atomic E-state index is 12.1. The van der Waals surface area contributed by atoms with Crippen molar-refractivity contribution >= 4 is 15.9 Å². The zero-order valence-electron chi connectivity index (χ0n) is 11.6. The number of unbranched alkanes of at least 4 members (excludes halogenated alkanes) is 1. The predicted molar refractivity (Wildman–Crippen MR) is 74.6 cm³/mol. The maximum Gasteiger partial charge on any atom is 0.411 e. The Morgan fingerprint density at radius 3 is 2.37 bits per heavy atom. The standard InChI is InChI=1S/C14H24BrF3O/c1-2-3-4-12-5-7-13(9-15,8-6-12)10-19-11-14(16,17)18/h12H,2-11H2,1H3. The van der Waals surface area contributed by atoms with Gasteiger partial charge in [0, 0.05) is 10.7 Å². The highest BCUT2D eigenvalue weighted by atomic mass is 79.9. The third-order valence-electron chi connectivity index (χ3n) is 4.09. The van der Waals surface area contributed by atoms with Gasteiger partial charge in [-0.05, 0) is 31.6 Å². The van der Waals surface area contributed by atoms with E-state index in [0.29, 0.717) is 0 Å². The molecule has 0 bridgehead atoms. The van der Waals surface area contributed by atoms with Crippen molar-refractivity contribution < 1.29 is 17.9 Å². The van der Waals surface area contributed by atoms with E-state index in [4.69, 9.17) is 4.74 Å². The minimum atomic E-state index is -4.22. The molecular weight excluding hydrogens is 321 g/mol. The summed E-state index contributed by atoms with van der Waals surface area (Å²) in [4.78, 5) is 0. The van der Waals surface area contributed by atoms with Gasteiger partial charge in [0.1, 0.15) is 6.61 Å². The van der Waals surface area contributed by atoms with E-state index in [2.05, 4.69) is 22.9 Å². The average molecular weight is 345 g/mol. The lowest BCUT2D eigenvalue weighted by Gasteiger charge is -2.39. The number of hydrogen-bond acceptors (Lipinski definition) is 1. The van der Waals surface area contributed by atoms with Gasteiger partial charge in [-0.2, -0.15) is 13.2 Å². The molecule has 0 aromatic rings. The average Bonchev–Trinajstić information content (AvgIpc) is 2.36. The van der Waals surface area contributed by atoms with Gasteiger partial charge in [-0.15, -0.1) is 0 Å². The zero-order valence-corrected chi connectivity index (χ0v) is 13.2. The molecule has 19 heavy (non-hydrogen) atoms. The lowest BCUT2D eigenvalue weighted by molar-refractivity contribution is -0.181. The van der Waals surface area contributed by atoms with Crippen LogP contribution in [0.2, 0.25) is 0 Å². The molecule has 114 valence electrons. The predicted octanol–water partition coefficient (Wildman–Crippen LogP) is 5.33. The van der Waals surface area contributed by atoms with Gasteiger partial charge in [0.2, 0.25) is 0 Å². The Hall–Kier alpha value is 0.230. The number of alkyl halides is 4. The summed E-state index contributed by atoms with van der Waals surface area (Å²) in [7, 11) is 0. The molecule has 1 nitrogen and oxygen atoms in total. The Morgan fingerprint density at radius 1 is 1.26 bits per heavy atom. The third-order valence-corrected chi connectivity index (χ3v) is 5.28.